The SMILES string of the molecule is O=C(O)OC(F)(F)F.[Zn]. The van der Waals surface area contributed by atoms with Gasteiger partial charge in [-0.25, -0.2) is 4.79 Å². The molecule has 0 saturated heterocycles. The smallest absolute Gasteiger partial charge is 0.450 e. The molecule has 0 saturated carbocycles. The van der Waals surface area contributed by atoms with Crippen LogP contribution in [0.1, 0.15) is 0 Å². The molecule has 0 aliphatic rings. The van der Waals surface area contributed by atoms with Gasteiger partial charge in [0, 0.05) is 19.5 Å². The molecule has 0 heterocycles. The van der Waals surface area contributed by atoms with Crippen LogP contribution in [-0.4, -0.2) is 17.6 Å². The largest absolute Gasteiger partial charge is 0.577 e. The van der Waals surface area contributed by atoms with E-state index >= 15 is 0 Å². The van der Waals surface area contributed by atoms with Crippen LogP contribution in [-0.2, 0) is 24.2 Å². The normalized spacial score (nSPS) is 9.67. The molecule has 0 bridgehead atoms. The summed E-state index contributed by atoms with van der Waals surface area (Å²) in [4.78, 5) is 9.07. The number of rotatable bonds is 0. The number of ether oxygens (including phenoxy) is 1. The van der Waals surface area contributed by atoms with Crippen molar-refractivity contribution in [1.82, 2.24) is 0 Å². The first-order chi connectivity index (χ1) is 3.42. The number of hydrogen-bond acceptors (Lipinski definition) is 2. The molecule has 0 fully saturated rings. The molecule has 0 aromatic heterocycles. The third kappa shape index (κ3) is 11.3. The molecular formula is C2HF3O3Zn. The molecule has 0 aliphatic carbocycles. The summed E-state index contributed by atoms with van der Waals surface area (Å²) in [7, 11) is 0. The fourth-order valence-corrected chi connectivity index (χ4v) is 0.0990. The zero-order valence-electron chi connectivity index (χ0n) is 4.10. The van der Waals surface area contributed by atoms with Crippen LogP contribution in [0.5, 0.6) is 0 Å². The second-order valence-corrected chi connectivity index (χ2v) is 0.814. The molecule has 0 atom stereocenters. The van der Waals surface area contributed by atoms with E-state index in [2.05, 4.69) is 4.74 Å². The van der Waals surface area contributed by atoms with Crippen LogP contribution in [0.2, 0.25) is 0 Å². The van der Waals surface area contributed by atoms with E-state index in [9.17, 15) is 13.2 Å². The monoisotopic (exact) mass is 194 g/mol. The predicted molar refractivity (Wildman–Crippen MR) is 15.2 cm³/mol. The predicted octanol–water partition coefficient (Wildman–Crippen LogP) is 1.20. The van der Waals surface area contributed by atoms with Gasteiger partial charge < -0.3 is 9.84 Å². The molecule has 0 radical (unpaired) electrons. The Morgan fingerprint density at radius 2 is 1.78 bits per heavy atom. The summed E-state index contributed by atoms with van der Waals surface area (Å²) >= 11 is 0. The van der Waals surface area contributed by atoms with Gasteiger partial charge in [-0.05, 0) is 0 Å². The number of halogens is 3. The molecule has 0 spiro atoms. The Morgan fingerprint density at radius 1 is 1.44 bits per heavy atom. The van der Waals surface area contributed by atoms with E-state index in [0.717, 1.165) is 0 Å². The van der Waals surface area contributed by atoms with Crippen LogP contribution in [0.4, 0.5) is 18.0 Å². The van der Waals surface area contributed by atoms with E-state index in [1.165, 1.54) is 0 Å². The molecule has 7 heteroatoms. The fourth-order valence-electron chi connectivity index (χ4n) is 0.0990. The third-order valence-corrected chi connectivity index (χ3v) is 0.203. The maximum Gasteiger partial charge on any atom is 0.577 e. The van der Waals surface area contributed by atoms with Crippen LogP contribution in [0, 0.1) is 0 Å². The van der Waals surface area contributed by atoms with Gasteiger partial charge in [0.15, 0.2) is 0 Å². The van der Waals surface area contributed by atoms with Gasteiger partial charge in [-0.1, -0.05) is 0 Å². The molecule has 9 heavy (non-hydrogen) atoms. The number of hydrogen-bond donors (Lipinski definition) is 1. The Kier molecular flexibility index (Phi) is 4.67. The van der Waals surface area contributed by atoms with E-state index in [4.69, 9.17) is 9.90 Å². The van der Waals surface area contributed by atoms with E-state index < -0.39 is 12.5 Å². The van der Waals surface area contributed by atoms with Gasteiger partial charge in [0.2, 0.25) is 0 Å². The molecule has 0 aromatic rings. The molecule has 0 aromatic carbocycles. The molecule has 0 aliphatic heterocycles. The summed E-state index contributed by atoms with van der Waals surface area (Å²) in [6.07, 6.45) is -7.43. The summed E-state index contributed by atoms with van der Waals surface area (Å²) < 4.78 is 34.5. The van der Waals surface area contributed by atoms with E-state index in [0.29, 0.717) is 0 Å². The zero-order chi connectivity index (χ0) is 6.78. The maximum atomic E-state index is 10.7. The van der Waals surface area contributed by atoms with Gasteiger partial charge in [0.25, 0.3) is 0 Å². The average molecular weight is 195 g/mol. The van der Waals surface area contributed by atoms with Crippen LogP contribution in [0.3, 0.4) is 0 Å². The van der Waals surface area contributed by atoms with Crippen molar-refractivity contribution in [3.8, 4) is 0 Å². The second-order valence-electron chi connectivity index (χ2n) is 0.814. The van der Waals surface area contributed by atoms with Crippen molar-refractivity contribution in [3.05, 3.63) is 0 Å². The summed E-state index contributed by atoms with van der Waals surface area (Å²) in [5.41, 5.74) is 0. The van der Waals surface area contributed by atoms with Crippen molar-refractivity contribution >= 4 is 6.16 Å². The van der Waals surface area contributed by atoms with Crippen LogP contribution in [0.15, 0.2) is 0 Å². The summed E-state index contributed by atoms with van der Waals surface area (Å²) in [6, 6.07) is 0. The minimum Gasteiger partial charge on any atom is -0.450 e. The van der Waals surface area contributed by atoms with Gasteiger partial charge in [-0.15, -0.1) is 13.2 Å². The second kappa shape index (κ2) is 3.66. The van der Waals surface area contributed by atoms with Crippen molar-refractivity contribution in [3.63, 3.8) is 0 Å². The maximum absolute atomic E-state index is 10.7. The van der Waals surface area contributed by atoms with Gasteiger partial charge in [-0.2, -0.15) is 0 Å². The van der Waals surface area contributed by atoms with Crippen molar-refractivity contribution in [1.29, 1.82) is 0 Å². The Hall–Kier alpha value is -0.317. The molecular weight excluding hydrogens is 194 g/mol. The summed E-state index contributed by atoms with van der Waals surface area (Å²) in [5.74, 6) is 0. The summed E-state index contributed by atoms with van der Waals surface area (Å²) in [5, 5.41) is 7.31. The Balaban J connectivity index is 0. The number of carboxylic acid groups (broad SMARTS) is 1. The number of carbonyl (C=O) groups is 1. The van der Waals surface area contributed by atoms with Crippen LogP contribution >= 0.6 is 0 Å². The topological polar surface area (TPSA) is 46.5 Å². The first kappa shape index (κ1) is 11.5. The van der Waals surface area contributed by atoms with Crippen molar-refractivity contribution in [2.75, 3.05) is 0 Å². The van der Waals surface area contributed by atoms with Gasteiger partial charge in [0.1, 0.15) is 0 Å². The van der Waals surface area contributed by atoms with Crippen molar-refractivity contribution in [2.45, 2.75) is 6.36 Å². The minimum atomic E-state index is -5.08. The standard InChI is InChI=1S/C2HF3O3.Zn/c3-2(4,5)8-1(6)7;/h(H,6,7);. The zero-order valence-corrected chi connectivity index (χ0v) is 7.07. The van der Waals surface area contributed by atoms with E-state index in [1.54, 1.807) is 0 Å². The average Bonchev–Trinajstić information content (AvgIpc) is 1.21. The van der Waals surface area contributed by atoms with Gasteiger partial charge >= 0.3 is 12.5 Å². The third-order valence-electron chi connectivity index (χ3n) is 0.203. The number of alkyl halides is 3. The van der Waals surface area contributed by atoms with Crippen molar-refractivity contribution in [2.24, 2.45) is 0 Å². The molecule has 0 unspecified atom stereocenters. The molecule has 50 valence electrons. The Labute approximate surface area is 60.6 Å². The van der Waals surface area contributed by atoms with Crippen LogP contribution < -0.4 is 0 Å². The quantitative estimate of drug-likeness (QED) is 0.467. The van der Waals surface area contributed by atoms with Gasteiger partial charge in [0.05, 0.1) is 0 Å². The molecule has 1 N–H and O–H groups in total. The van der Waals surface area contributed by atoms with Gasteiger partial charge in [-0.3, -0.25) is 0 Å². The van der Waals surface area contributed by atoms with E-state index in [1.807, 2.05) is 0 Å². The Morgan fingerprint density at radius 3 is 1.78 bits per heavy atom. The van der Waals surface area contributed by atoms with Crippen LogP contribution in [0.25, 0.3) is 0 Å². The minimum absolute atomic E-state index is 0. The molecule has 0 amide bonds. The first-order valence-electron chi connectivity index (χ1n) is 1.40. The fraction of sp³-hybridized carbons (Fsp3) is 0.500. The van der Waals surface area contributed by atoms with E-state index in [-0.39, 0.29) is 19.5 Å². The molecule has 3 nitrogen and oxygen atoms in total. The summed E-state index contributed by atoms with van der Waals surface area (Å²) in [6.45, 7) is 0. The Bertz CT molecular complexity index is 99.7. The van der Waals surface area contributed by atoms with Crippen molar-refractivity contribution < 1.29 is 47.3 Å². The first-order valence-corrected chi connectivity index (χ1v) is 1.40. The molecule has 0 rings (SSSR count).